The molecular formula is C26H24N6O2. The highest BCUT2D eigenvalue weighted by Gasteiger charge is 2.29. The Hall–Kier alpha value is -4.07. The van der Waals surface area contributed by atoms with Crippen LogP contribution in [0.4, 0.5) is 5.69 Å². The van der Waals surface area contributed by atoms with Gasteiger partial charge in [-0.05, 0) is 69.0 Å². The molecule has 8 nitrogen and oxygen atoms in total. The van der Waals surface area contributed by atoms with Crippen molar-refractivity contribution in [3.63, 3.8) is 0 Å². The number of rotatable bonds is 6. The molecule has 8 heteroatoms. The third-order valence-corrected chi connectivity index (χ3v) is 6.23. The molecule has 3 heterocycles. The third kappa shape index (κ3) is 3.91. The number of nitrogens with zero attached hydrogens (tertiary/aromatic N) is 4. The van der Waals surface area contributed by atoms with E-state index in [1.165, 1.54) is 0 Å². The fourth-order valence-corrected chi connectivity index (χ4v) is 4.15. The van der Waals surface area contributed by atoms with Crippen LogP contribution in [0.25, 0.3) is 16.9 Å². The van der Waals surface area contributed by atoms with E-state index in [2.05, 4.69) is 20.7 Å². The van der Waals surface area contributed by atoms with Crippen LogP contribution >= 0.6 is 0 Å². The fraction of sp³-hybridized carbons (Fsp3) is 0.269. The van der Waals surface area contributed by atoms with Crippen molar-refractivity contribution in [2.45, 2.75) is 44.6 Å². The summed E-state index contributed by atoms with van der Waals surface area (Å²) in [5.41, 5.74) is 3.86. The summed E-state index contributed by atoms with van der Waals surface area (Å²) in [5.74, 6) is 0.644. The lowest BCUT2D eigenvalue weighted by Gasteiger charge is -2.11. The highest BCUT2D eigenvalue weighted by molar-refractivity contribution is 6.13. The molecule has 2 saturated carbocycles. The van der Waals surface area contributed by atoms with E-state index in [9.17, 15) is 9.59 Å². The van der Waals surface area contributed by atoms with Crippen molar-refractivity contribution in [1.29, 1.82) is 0 Å². The normalized spacial score (nSPS) is 15.3. The number of benzene rings is 1. The lowest BCUT2D eigenvalue weighted by atomic mass is 10.1. The van der Waals surface area contributed by atoms with Crippen LogP contribution < -0.4 is 10.6 Å². The second kappa shape index (κ2) is 8.06. The molecule has 34 heavy (non-hydrogen) atoms. The van der Waals surface area contributed by atoms with Gasteiger partial charge in [0.25, 0.3) is 11.8 Å². The van der Waals surface area contributed by atoms with Gasteiger partial charge in [-0.2, -0.15) is 9.78 Å². The summed E-state index contributed by atoms with van der Waals surface area (Å²) in [6.07, 6.45) is 5.88. The molecule has 2 amide bonds. The summed E-state index contributed by atoms with van der Waals surface area (Å²) in [6, 6.07) is 14.8. The minimum Gasteiger partial charge on any atom is -0.349 e. The smallest absolute Gasteiger partial charge is 0.256 e. The Morgan fingerprint density at radius 3 is 2.59 bits per heavy atom. The van der Waals surface area contributed by atoms with Crippen molar-refractivity contribution in [1.82, 2.24) is 25.1 Å². The van der Waals surface area contributed by atoms with Gasteiger partial charge in [-0.1, -0.05) is 12.1 Å². The van der Waals surface area contributed by atoms with Gasteiger partial charge >= 0.3 is 0 Å². The van der Waals surface area contributed by atoms with Crippen LogP contribution in [0.3, 0.4) is 0 Å². The molecule has 1 aromatic carbocycles. The first kappa shape index (κ1) is 20.5. The zero-order valence-electron chi connectivity index (χ0n) is 18.8. The van der Waals surface area contributed by atoms with Gasteiger partial charge in [0.2, 0.25) is 0 Å². The van der Waals surface area contributed by atoms with Crippen molar-refractivity contribution >= 4 is 28.5 Å². The van der Waals surface area contributed by atoms with Crippen LogP contribution in [0.2, 0.25) is 0 Å². The summed E-state index contributed by atoms with van der Waals surface area (Å²) in [5, 5.41) is 11.3. The van der Waals surface area contributed by atoms with Gasteiger partial charge < -0.3 is 10.6 Å². The summed E-state index contributed by atoms with van der Waals surface area (Å²) < 4.78 is 1.70. The summed E-state index contributed by atoms with van der Waals surface area (Å²) >= 11 is 0. The number of hydrogen-bond donors (Lipinski definition) is 2. The number of aromatic nitrogens is 4. The molecule has 0 radical (unpaired) electrons. The summed E-state index contributed by atoms with van der Waals surface area (Å²) in [7, 11) is 0. The van der Waals surface area contributed by atoms with Crippen LogP contribution in [0.15, 0.2) is 54.7 Å². The Bertz CT molecular complexity index is 1420. The van der Waals surface area contributed by atoms with Crippen LogP contribution in [-0.4, -0.2) is 37.6 Å². The predicted octanol–water partition coefficient (Wildman–Crippen LogP) is 4.15. The van der Waals surface area contributed by atoms with Gasteiger partial charge in [-0.25, -0.2) is 9.97 Å². The highest BCUT2D eigenvalue weighted by Crippen LogP contribution is 2.40. The minimum atomic E-state index is -0.252. The maximum absolute atomic E-state index is 13.5. The molecule has 2 aliphatic rings. The SMILES string of the molecule is Cc1nn(-c2ccccn2)c2nc(C3CC3)cc(C(=O)Nc3cccc(C(=O)NC4CC4)c3)c12. The van der Waals surface area contributed by atoms with Crippen molar-refractivity contribution in [2.24, 2.45) is 0 Å². The van der Waals surface area contributed by atoms with Crippen molar-refractivity contribution in [3.8, 4) is 5.82 Å². The number of fused-ring (bicyclic) bond motifs is 1. The average molecular weight is 453 g/mol. The van der Waals surface area contributed by atoms with Crippen LogP contribution in [-0.2, 0) is 0 Å². The molecule has 0 bridgehead atoms. The second-order valence-corrected chi connectivity index (χ2v) is 9.04. The van der Waals surface area contributed by atoms with Crippen LogP contribution in [0, 0.1) is 6.92 Å². The van der Waals surface area contributed by atoms with E-state index in [1.807, 2.05) is 31.2 Å². The zero-order valence-corrected chi connectivity index (χ0v) is 18.8. The molecule has 2 N–H and O–H groups in total. The zero-order chi connectivity index (χ0) is 23.2. The van der Waals surface area contributed by atoms with E-state index in [1.54, 1.807) is 35.1 Å². The fourth-order valence-electron chi connectivity index (χ4n) is 4.15. The molecule has 6 rings (SSSR count). The minimum absolute atomic E-state index is 0.117. The molecule has 0 atom stereocenters. The largest absolute Gasteiger partial charge is 0.349 e. The molecule has 0 aliphatic heterocycles. The lowest BCUT2D eigenvalue weighted by molar-refractivity contribution is 0.0949. The first-order chi connectivity index (χ1) is 16.6. The molecule has 0 saturated heterocycles. The van der Waals surface area contributed by atoms with E-state index < -0.39 is 0 Å². The topological polar surface area (TPSA) is 102 Å². The molecular weight excluding hydrogens is 428 g/mol. The van der Waals surface area contributed by atoms with Crippen molar-refractivity contribution < 1.29 is 9.59 Å². The van der Waals surface area contributed by atoms with E-state index in [-0.39, 0.29) is 17.9 Å². The van der Waals surface area contributed by atoms with Crippen molar-refractivity contribution in [2.75, 3.05) is 5.32 Å². The van der Waals surface area contributed by atoms with E-state index in [0.717, 1.165) is 31.4 Å². The third-order valence-electron chi connectivity index (χ3n) is 6.23. The van der Waals surface area contributed by atoms with E-state index in [4.69, 9.17) is 4.98 Å². The number of nitrogens with one attached hydrogen (secondary N) is 2. The molecule has 0 unspecified atom stereocenters. The summed E-state index contributed by atoms with van der Waals surface area (Å²) in [6.45, 7) is 1.87. The van der Waals surface area contributed by atoms with Gasteiger partial charge in [0, 0.05) is 35.1 Å². The highest BCUT2D eigenvalue weighted by atomic mass is 16.2. The number of pyridine rings is 2. The second-order valence-electron chi connectivity index (χ2n) is 9.04. The first-order valence-electron chi connectivity index (χ1n) is 11.6. The van der Waals surface area contributed by atoms with Crippen LogP contribution in [0.1, 0.15) is 63.7 Å². The van der Waals surface area contributed by atoms with Gasteiger partial charge in [-0.3, -0.25) is 9.59 Å². The van der Waals surface area contributed by atoms with Gasteiger partial charge in [0.1, 0.15) is 0 Å². The Kier molecular flexibility index (Phi) is 4.86. The quantitative estimate of drug-likeness (QED) is 0.458. The van der Waals surface area contributed by atoms with Gasteiger partial charge in [-0.15, -0.1) is 0 Å². The monoisotopic (exact) mass is 452 g/mol. The Balaban J connectivity index is 1.38. The maximum atomic E-state index is 13.5. The Morgan fingerprint density at radius 2 is 1.85 bits per heavy atom. The lowest BCUT2D eigenvalue weighted by Crippen LogP contribution is -2.25. The molecule has 2 fully saturated rings. The van der Waals surface area contributed by atoms with Crippen molar-refractivity contribution in [3.05, 3.63) is 77.2 Å². The number of hydrogen-bond acceptors (Lipinski definition) is 5. The van der Waals surface area contributed by atoms with E-state index in [0.29, 0.717) is 45.3 Å². The first-order valence-corrected chi connectivity index (χ1v) is 11.6. The number of amides is 2. The summed E-state index contributed by atoms with van der Waals surface area (Å²) in [4.78, 5) is 35.2. The maximum Gasteiger partial charge on any atom is 0.256 e. The number of carbonyl (C=O) groups excluding carboxylic acids is 2. The van der Waals surface area contributed by atoms with Gasteiger partial charge in [0.05, 0.1) is 16.6 Å². The Morgan fingerprint density at radius 1 is 1.00 bits per heavy atom. The molecule has 2 aliphatic carbocycles. The molecule has 4 aromatic rings. The van der Waals surface area contributed by atoms with Gasteiger partial charge in [0.15, 0.2) is 11.5 Å². The average Bonchev–Trinajstić information content (AvgIpc) is 3.78. The number of anilines is 1. The molecule has 3 aromatic heterocycles. The predicted molar refractivity (Wildman–Crippen MR) is 128 cm³/mol. The molecule has 0 spiro atoms. The standard InChI is InChI=1S/C26H24N6O2/c1-15-23-20(26(34)29-19-6-4-5-17(13-19)25(33)28-18-10-11-18)14-21(16-8-9-16)30-24(23)32(31-15)22-7-2-3-12-27-22/h2-7,12-14,16,18H,8-11H2,1H3,(H,28,33)(H,29,34). The number of carbonyl (C=O) groups is 2. The number of aryl methyl sites for hydroxylation is 1. The van der Waals surface area contributed by atoms with E-state index >= 15 is 0 Å². The molecule has 170 valence electrons. The van der Waals surface area contributed by atoms with Crippen LogP contribution in [0.5, 0.6) is 0 Å². The Labute approximate surface area is 196 Å².